The van der Waals surface area contributed by atoms with Gasteiger partial charge in [-0.15, -0.1) is 0 Å². The molecule has 1 unspecified atom stereocenters. The van der Waals surface area contributed by atoms with Gasteiger partial charge in [-0.1, -0.05) is 24.4 Å². The summed E-state index contributed by atoms with van der Waals surface area (Å²) < 4.78 is 23.2. The Kier molecular flexibility index (Phi) is 3.82. The Bertz CT molecular complexity index is 611. The van der Waals surface area contributed by atoms with Crippen molar-refractivity contribution in [3.63, 3.8) is 0 Å². The van der Waals surface area contributed by atoms with Crippen LogP contribution in [0.15, 0.2) is 18.2 Å². The molecule has 1 atom stereocenters. The first-order valence-electron chi connectivity index (χ1n) is 6.14. The van der Waals surface area contributed by atoms with Gasteiger partial charge >= 0.3 is 0 Å². The lowest BCUT2D eigenvalue weighted by Gasteiger charge is -2.29. The lowest BCUT2D eigenvalue weighted by Crippen LogP contribution is -2.34. The number of rotatable bonds is 3. The Morgan fingerprint density at radius 2 is 2.16 bits per heavy atom. The molecule has 1 aromatic carbocycles. The van der Waals surface area contributed by atoms with E-state index in [1.807, 2.05) is 37.1 Å². The smallest absolute Gasteiger partial charge is 0.152 e. The van der Waals surface area contributed by atoms with Crippen LogP contribution in [0.4, 0.5) is 5.69 Å². The molecule has 1 aromatic rings. The fraction of sp³-hybridized carbons (Fsp3) is 0.462. The molecule has 0 amide bonds. The van der Waals surface area contributed by atoms with Crippen LogP contribution in [-0.2, 0) is 9.84 Å². The third kappa shape index (κ3) is 2.90. The van der Waals surface area contributed by atoms with Crippen molar-refractivity contribution in [2.45, 2.75) is 19.4 Å². The standard InChI is InChI=1S/C13H18N2O2S2/c1-9-4-3-5-11(13(14)18)12(9)15(2)10-6-7-19(16,17)8-10/h3-5,10H,6-8H2,1-2H3,(H2,14,18). The molecule has 1 aliphatic rings. The second kappa shape index (κ2) is 5.09. The molecule has 104 valence electrons. The lowest BCUT2D eigenvalue weighted by molar-refractivity contribution is 0.601. The van der Waals surface area contributed by atoms with Crippen LogP contribution in [0.25, 0.3) is 0 Å². The summed E-state index contributed by atoms with van der Waals surface area (Å²) in [5.74, 6) is 0.463. The molecule has 2 N–H and O–H groups in total. The van der Waals surface area contributed by atoms with E-state index in [4.69, 9.17) is 18.0 Å². The van der Waals surface area contributed by atoms with E-state index in [1.165, 1.54) is 0 Å². The minimum absolute atomic E-state index is 0.000741. The molecule has 2 rings (SSSR count). The van der Waals surface area contributed by atoms with E-state index >= 15 is 0 Å². The highest BCUT2D eigenvalue weighted by Gasteiger charge is 2.32. The maximum atomic E-state index is 11.6. The topological polar surface area (TPSA) is 63.4 Å². The first-order chi connectivity index (χ1) is 8.82. The SMILES string of the molecule is Cc1cccc(C(N)=S)c1N(C)C1CCS(=O)(=O)C1. The van der Waals surface area contributed by atoms with Gasteiger partial charge in [0, 0.05) is 24.3 Å². The molecule has 4 nitrogen and oxygen atoms in total. The highest BCUT2D eigenvalue weighted by Crippen LogP contribution is 2.29. The van der Waals surface area contributed by atoms with Crippen LogP contribution in [0.5, 0.6) is 0 Å². The van der Waals surface area contributed by atoms with Crippen LogP contribution in [0.1, 0.15) is 17.5 Å². The average molecular weight is 298 g/mol. The van der Waals surface area contributed by atoms with Crippen LogP contribution in [0.3, 0.4) is 0 Å². The molecule has 19 heavy (non-hydrogen) atoms. The quantitative estimate of drug-likeness (QED) is 0.851. The summed E-state index contributed by atoms with van der Waals surface area (Å²) in [4.78, 5) is 2.35. The first kappa shape index (κ1) is 14.3. The third-order valence-electron chi connectivity index (χ3n) is 3.61. The van der Waals surface area contributed by atoms with Gasteiger partial charge in [0.2, 0.25) is 0 Å². The van der Waals surface area contributed by atoms with E-state index in [0.29, 0.717) is 11.4 Å². The number of thiocarbonyl (C=S) groups is 1. The van der Waals surface area contributed by atoms with E-state index in [-0.39, 0.29) is 17.5 Å². The van der Waals surface area contributed by atoms with Crippen molar-refractivity contribution >= 4 is 32.7 Å². The molecule has 6 heteroatoms. The van der Waals surface area contributed by atoms with Crippen molar-refractivity contribution in [3.05, 3.63) is 29.3 Å². The normalized spacial score (nSPS) is 21.3. The predicted molar refractivity (Wildman–Crippen MR) is 82.5 cm³/mol. The molecule has 0 radical (unpaired) electrons. The molecule has 0 aliphatic carbocycles. The van der Waals surface area contributed by atoms with E-state index < -0.39 is 9.84 Å². The van der Waals surface area contributed by atoms with E-state index in [0.717, 1.165) is 16.8 Å². The van der Waals surface area contributed by atoms with Crippen molar-refractivity contribution in [2.75, 3.05) is 23.5 Å². The molecule has 0 aromatic heterocycles. The Labute approximate surface area is 119 Å². The number of sulfone groups is 1. The number of nitrogens with two attached hydrogens (primary N) is 1. The Balaban J connectivity index is 2.39. The molecule has 0 spiro atoms. The second-order valence-corrected chi connectivity index (χ2v) is 7.67. The monoisotopic (exact) mass is 298 g/mol. The fourth-order valence-corrected chi connectivity index (χ4v) is 4.53. The highest BCUT2D eigenvalue weighted by atomic mass is 32.2. The highest BCUT2D eigenvalue weighted by molar-refractivity contribution is 7.91. The molecule has 1 fully saturated rings. The average Bonchev–Trinajstić information content (AvgIpc) is 2.68. The van der Waals surface area contributed by atoms with Gasteiger partial charge < -0.3 is 10.6 Å². The van der Waals surface area contributed by atoms with Crippen molar-refractivity contribution in [3.8, 4) is 0 Å². The zero-order valence-electron chi connectivity index (χ0n) is 11.1. The summed E-state index contributed by atoms with van der Waals surface area (Å²) in [5, 5.41) is 0. The number of benzene rings is 1. The summed E-state index contributed by atoms with van der Waals surface area (Å²) in [5.41, 5.74) is 8.56. The molecule has 1 aliphatic heterocycles. The fourth-order valence-electron chi connectivity index (χ4n) is 2.59. The van der Waals surface area contributed by atoms with Crippen LogP contribution >= 0.6 is 12.2 Å². The van der Waals surface area contributed by atoms with E-state index in [9.17, 15) is 8.42 Å². The van der Waals surface area contributed by atoms with Crippen molar-refractivity contribution in [2.24, 2.45) is 5.73 Å². The summed E-state index contributed by atoms with van der Waals surface area (Å²) in [6.07, 6.45) is 0.657. The van der Waals surface area contributed by atoms with Crippen LogP contribution in [-0.4, -0.2) is 38.0 Å². The lowest BCUT2D eigenvalue weighted by atomic mass is 10.0. The molecular weight excluding hydrogens is 280 g/mol. The van der Waals surface area contributed by atoms with Gasteiger partial charge in [0.25, 0.3) is 0 Å². The number of aryl methyl sites for hydroxylation is 1. The Morgan fingerprint density at radius 1 is 1.47 bits per heavy atom. The number of para-hydroxylation sites is 1. The molecule has 0 saturated carbocycles. The van der Waals surface area contributed by atoms with Crippen LogP contribution < -0.4 is 10.6 Å². The molecule has 1 heterocycles. The zero-order valence-corrected chi connectivity index (χ0v) is 12.7. The maximum Gasteiger partial charge on any atom is 0.152 e. The summed E-state index contributed by atoms with van der Waals surface area (Å²) in [6, 6.07) is 5.77. The zero-order chi connectivity index (χ0) is 14.2. The largest absolute Gasteiger partial charge is 0.389 e. The third-order valence-corrected chi connectivity index (χ3v) is 5.58. The van der Waals surface area contributed by atoms with Gasteiger partial charge in [-0.2, -0.15) is 0 Å². The van der Waals surface area contributed by atoms with Gasteiger partial charge in [0.1, 0.15) is 4.99 Å². The second-order valence-electron chi connectivity index (χ2n) is 5.00. The minimum atomic E-state index is -2.90. The number of nitrogens with zero attached hydrogens (tertiary/aromatic N) is 1. The Hall–Kier alpha value is -1.14. The number of hydrogen-bond donors (Lipinski definition) is 1. The van der Waals surface area contributed by atoms with Crippen molar-refractivity contribution in [1.29, 1.82) is 0 Å². The van der Waals surface area contributed by atoms with Gasteiger partial charge in [-0.3, -0.25) is 0 Å². The summed E-state index contributed by atoms with van der Waals surface area (Å²) in [6.45, 7) is 1.98. The van der Waals surface area contributed by atoms with Gasteiger partial charge in [0.15, 0.2) is 9.84 Å². The van der Waals surface area contributed by atoms with Gasteiger partial charge in [0.05, 0.1) is 11.5 Å². The first-order valence-corrected chi connectivity index (χ1v) is 8.37. The molecule has 1 saturated heterocycles. The maximum absolute atomic E-state index is 11.6. The van der Waals surface area contributed by atoms with Crippen LogP contribution in [0.2, 0.25) is 0 Å². The van der Waals surface area contributed by atoms with Crippen LogP contribution in [0, 0.1) is 6.92 Å². The van der Waals surface area contributed by atoms with E-state index in [2.05, 4.69) is 0 Å². The van der Waals surface area contributed by atoms with Crippen molar-refractivity contribution in [1.82, 2.24) is 0 Å². The molecular formula is C13H18N2O2S2. The number of anilines is 1. The Morgan fingerprint density at radius 3 is 2.68 bits per heavy atom. The van der Waals surface area contributed by atoms with Gasteiger partial charge in [-0.25, -0.2) is 8.42 Å². The minimum Gasteiger partial charge on any atom is -0.389 e. The summed E-state index contributed by atoms with van der Waals surface area (Å²) in [7, 11) is -0.988. The van der Waals surface area contributed by atoms with E-state index in [1.54, 1.807) is 0 Å². The van der Waals surface area contributed by atoms with Gasteiger partial charge in [-0.05, 0) is 25.0 Å². The summed E-state index contributed by atoms with van der Waals surface area (Å²) >= 11 is 5.08. The van der Waals surface area contributed by atoms with Crippen molar-refractivity contribution < 1.29 is 8.42 Å². The molecule has 0 bridgehead atoms. The number of hydrogen-bond acceptors (Lipinski definition) is 4. The predicted octanol–water partition coefficient (Wildman–Crippen LogP) is 1.25.